The Kier molecular flexibility index (Phi) is 6.33. The summed E-state index contributed by atoms with van der Waals surface area (Å²) in [4.78, 5) is 26.6. The van der Waals surface area contributed by atoms with Crippen molar-refractivity contribution < 1.29 is 4.79 Å². The van der Waals surface area contributed by atoms with Gasteiger partial charge in [-0.25, -0.2) is 19.8 Å². The molecule has 164 valence electrons. The number of carbonyl (C=O) groups is 1. The standard InChI is InChI=1S/C22H23N7OS2/c30-22(28-16-2-1-14-3-6-23-10-15(14)9-16)29-19-12-32-17(11-25-19)4-7-24-21-20-18(5-8-31-20)26-13-27-21/h1-2,5,8-9,11,13,23H,3-4,6-7,10,12H2,(H,24,26,27)(H2,25,28,29,30). The molecule has 0 saturated carbocycles. The summed E-state index contributed by atoms with van der Waals surface area (Å²) in [5, 5.41) is 14.5. The molecule has 2 aliphatic heterocycles. The maximum absolute atomic E-state index is 12.4. The number of amidine groups is 1. The van der Waals surface area contributed by atoms with E-state index in [0.29, 0.717) is 11.6 Å². The van der Waals surface area contributed by atoms with Crippen molar-refractivity contribution in [2.45, 2.75) is 19.4 Å². The highest BCUT2D eigenvalue weighted by Gasteiger charge is 2.14. The quantitative estimate of drug-likeness (QED) is 0.455. The number of rotatable bonds is 5. The first-order valence-electron chi connectivity index (χ1n) is 10.5. The van der Waals surface area contributed by atoms with Crippen molar-refractivity contribution in [3.8, 4) is 0 Å². The first kappa shape index (κ1) is 20.9. The molecule has 4 N–H and O–H groups in total. The molecule has 1 aromatic carbocycles. The number of urea groups is 1. The van der Waals surface area contributed by atoms with E-state index in [1.807, 2.05) is 29.8 Å². The second-order valence-electron chi connectivity index (χ2n) is 7.48. The number of aliphatic imine (C=N–C) groups is 1. The number of nitrogens with zero attached hydrogens (tertiary/aromatic N) is 3. The average Bonchev–Trinajstić information content (AvgIpc) is 3.30. The molecular weight excluding hydrogens is 442 g/mol. The second-order valence-corrected chi connectivity index (χ2v) is 9.50. The summed E-state index contributed by atoms with van der Waals surface area (Å²) in [5.74, 6) is 2.16. The maximum atomic E-state index is 12.4. The van der Waals surface area contributed by atoms with Gasteiger partial charge < -0.3 is 16.0 Å². The van der Waals surface area contributed by atoms with Gasteiger partial charge in [0, 0.05) is 29.9 Å². The molecule has 0 saturated heterocycles. The Hall–Kier alpha value is -2.95. The highest BCUT2D eigenvalue weighted by Crippen LogP contribution is 2.26. The number of anilines is 2. The van der Waals surface area contributed by atoms with Gasteiger partial charge in [-0.05, 0) is 54.1 Å². The fourth-order valence-corrected chi connectivity index (χ4v) is 5.31. The van der Waals surface area contributed by atoms with Crippen LogP contribution in [0.15, 0.2) is 52.1 Å². The number of hydrogen-bond donors (Lipinski definition) is 4. The Bertz CT molecular complexity index is 1200. The van der Waals surface area contributed by atoms with Gasteiger partial charge in [-0.1, -0.05) is 6.07 Å². The number of thiophene rings is 1. The number of hydrogen-bond acceptors (Lipinski definition) is 8. The second kappa shape index (κ2) is 9.68. The zero-order chi connectivity index (χ0) is 21.8. The molecule has 2 aromatic heterocycles. The summed E-state index contributed by atoms with van der Waals surface area (Å²) >= 11 is 3.32. The molecule has 0 radical (unpaired) electrons. The smallest absolute Gasteiger partial charge is 0.324 e. The predicted octanol–water partition coefficient (Wildman–Crippen LogP) is 3.95. The molecule has 2 amide bonds. The van der Waals surface area contributed by atoms with E-state index in [-0.39, 0.29) is 6.03 Å². The highest BCUT2D eigenvalue weighted by molar-refractivity contribution is 8.03. The first-order valence-corrected chi connectivity index (χ1v) is 12.3. The van der Waals surface area contributed by atoms with Crippen LogP contribution in [-0.4, -0.2) is 40.7 Å². The fraction of sp³-hybridized carbons (Fsp3) is 0.273. The zero-order valence-electron chi connectivity index (χ0n) is 17.4. The molecule has 0 unspecified atom stereocenters. The Morgan fingerprint density at radius 1 is 1.16 bits per heavy atom. The van der Waals surface area contributed by atoms with E-state index in [1.54, 1.807) is 29.4 Å². The molecular formula is C22H23N7OS2. The van der Waals surface area contributed by atoms with E-state index in [9.17, 15) is 4.79 Å². The Balaban J connectivity index is 1.11. The molecule has 4 heterocycles. The lowest BCUT2D eigenvalue weighted by Crippen LogP contribution is -2.36. The predicted molar refractivity (Wildman–Crippen MR) is 133 cm³/mol. The Morgan fingerprint density at radius 3 is 3.03 bits per heavy atom. The molecule has 5 rings (SSSR count). The van der Waals surface area contributed by atoms with Crippen molar-refractivity contribution in [1.29, 1.82) is 0 Å². The van der Waals surface area contributed by atoms with Crippen molar-refractivity contribution in [2.24, 2.45) is 4.99 Å². The molecule has 3 aromatic rings. The molecule has 32 heavy (non-hydrogen) atoms. The number of carbonyl (C=O) groups excluding carboxylic acids is 1. The summed E-state index contributed by atoms with van der Waals surface area (Å²) in [6.45, 7) is 2.60. The van der Waals surface area contributed by atoms with Crippen LogP contribution in [0.5, 0.6) is 0 Å². The van der Waals surface area contributed by atoms with Crippen molar-refractivity contribution in [2.75, 3.05) is 29.5 Å². The van der Waals surface area contributed by atoms with Crippen molar-refractivity contribution in [3.63, 3.8) is 0 Å². The number of aromatic nitrogens is 2. The Labute approximate surface area is 194 Å². The van der Waals surface area contributed by atoms with Crippen LogP contribution in [0.2, 0.25) is 0 Å². The van der Waals surface area contributed by atoms with Crippen LogP contribution in [0.1, 0.15) is 17.5 Å². The molecule has 0 atom stereocenters. The normalized spacial score (nSPS) is 15.5. The third kappa shape index (κ3) is 4.93. The van der Waals surface area contributed by atoms with Crippen LogP contribution >= 0.6 is 23.1 Å². The van der Waals surface area contributed by atoms with Crippen LogP contribution in [0.4, 0.5) is 16.3 Å². The fourth-order valence-electron chi connectivity index (χ4n) is 3.66. The van der Waals surface area contributed by atoms with Gasteiger partial charge in [0.05, 0.1) is 16.0 Å². The summed E-state index contributed by atoms with van der Waals surface area (Å²) < 4.78 is 1.07. The van der Waals surface area contributed by atoms with Gasteiger partial charge in [0.15, 0.2) is 0 Å². The van der Waals surface area contributed by atoms with E-state index < -0.39 is 0 Å². The average molecular weight is 466 g/mol. The van der Waals surface area contributed by atoms with E-state index >= 15 is 0 Å². The largest absolute Gasteiger partial charge is 0.368 e. The van der Waals surface area contributed by atoms with Crippen LogP contribution in [0.25, 0.3) is 10.2 Å². The van der Waals surface area contributed by atoms with Gasteiger partial charge >= 0.3 is 6.03 Å². The summed E-state index contributed by atoms with van der Waals surface area (Å²) in [7, 11) is 0. The maximum Gasteiger partial charge on any atom is 0.324 e. The monoisotopic (exact) mass is 465 g/mol. The van der Waals surface area contributed by atoms with Gasteiger partial charge in [-0.3, -0.25) is 5.32 Å². The minimum atomic E-state index is -0.268. The van der Waals surface area contributed by atoms with Gasteiger partial charge in [0.25, 0.3) is 0 Å². The minimum Gasteiger partial charge on any atom is -0.368 e. The summed E-state index contributed by atoms with van der Waals surface area (Å²) in [6, 6.07) is 7.80. The molecule has 8 nitrogen and oxygen atoms in total. The highest BCUT2D eigenvalue weighted by atomic mass is 32.2. The van der Waals surface area contributed by atoms with Crippen LogP contribution in [0, 0.1) is 0 Å². The number of thioether (sulfide) groups is 1. The Morgan fingerprint density at radius 2 is 2.12 bits per heavy atom. The number of nitrogens with one attached hydrogen (secondary N) is 4. The molecule has 0 spiro atoms. The molecule has 0 bridgehead atoms. The lowest BCUT2D eigenvalue weighted by atomic mass is 10.0. The molecule has 0 fully saturated rings. The van der Waals surface area contributed by atoms with E-state index in [4.69, 9.17) is 0 Å². The zero-order valence-corrected chi connectivity index (χ0v) is 19.0. The SMILES string of the molecule is O=C(NC1=NC=C(CCNc2ncnc3ccsc23)SC1)Nc1ccc2c(c1)CNCC2. The first-order chi connectivity index (χ1) is 15.7. The molecule has 2 aliphatic rings. The number of benzene rings is 1. The van der Waals surface area contributed by atoms with Crippen molar-refractivity contribution in [1.82, 2.24) is 20.6 Å². The topological polar surface area (TPSA) is 103 Å². The van der Waals surface area contributed by atoms with E-state index in [0.717, 1.165) is 54.2 Å². The van der Waals surface area contributed by atoms with Gasteiger partial charge in [-0.2, -0.15) is 0 Å². The summed E-state index contributed by atoms with van der Waals surface area (Å²) in [6.07, 6.45) is 5.28. The van der Waals surface area contributed by atoms with Crippen LogP contribution in [-0.2, 0) is 13.0 Å². The van der Waals surface area contributed by atoms with Gasteiger partial charge in [-0.15, -0.1) is 23.1 Å². The third-order valence-electron chi connectivity index (χ3n) is 5.27. The summed E-state index contributed by atoms with van der Waals surface area (Å²) in [5.41, 5.74) is 4.34. The molecule has 0 aliphatic carbocycles. The van der Waals surface area contributed by atoms with Crippen LogP contribution in [0.3, 0.4) is 0 Å². The van der Waals surface area contributed by atoms with Gasteiger partial charge in [0.2, 0.25) is 0 Å². The van der Waals surface area contributed by atoms with Crippen molar-refractivity contribution >= 4 is 56.7 Å². The van der Waals surface area contributed by atoms with Crippen molar-refractivity contribution in [3.05, 3.63) is 58.2 Å². The molecule has 10 heteroatoms. The minimum absolute atomic E-state index is 0.268. The van der Waals surface area contributed by atoms with E-state index in [1.165, 1.54) is 16.0 Å². The van der Waals surface area contributed by atoms with Crippen LogP contribution < -0.4 is 21.3 Å². The van der Waals surface area contributed by atoms with Gasteiger partial charge in [0.1, 0.15) is 18.0 Å². The third-order valence-corrected chi connectivity index (χ3v) is 7.28. The number of fused-ring (bicyclic) bond motifs is 2. The van der Waals surface area contributed by atoms with E-state index in [2.05, 4.69) is 42.3 Å². The number of amides is 2. The lowest BCUT2D eigenvalue weighted by molar-refractivity contribution is 0.256. The lowest BCUT2D eigenvalue weighted by Gasteiger charge is -2.18.